The minimum atomic E-state index is -4.41. The van der Waals surface area contributed by atoms with Crippen molar-refractivity contribution in [3.63, 3.8) is 0 Å². The molecule has 3 aliphatic rings. The Bertz CT molecular complexity index is 723. The molecule has 27 heavy (non-hydrogen) atoms. The molecule has 3 N–H and O–H groups in total. The van der Waals surface area contributed by atoms with Crippen molar-refractivity contribution in [3.05, 3.63) is 35.4 Å². The molecule has 148 valence electrons. The summed E-state index contributed by atoms with van der Waals surface area (Å²) >= 11 is 0. The van der Waals surface area contributed by atoms with Crippen molar-refractivity contribution in [2.75, 3.05) is 19.6 Å². The summed E-state index contributed by atoms with van der Waals surface area (Å²) in [6, 6.07) is 4.41. The molecule has 4 rings (SSSR count). The summed E-state index contributed by atoms with van der Waals surface area (Å²) in [6.45, 7) is 1.61. The highest BCUT2D eigenvalue weighted by atomic mass is 19.4. The van der Waals surface area contributed by atoms with Gasteiger partial charge in [-0.2, -0.15) is 13.2 Å². The fourth-order valence-electron chi connectivity index (χ4n) is 5.51. The average molecular weight is 385 g/mol. The molecule has 1 saturated carbocycles. The van der Waals surface area contributed by atoms with E-state index in [1.165, 1.54) is 12.1 Å². The van der Waals surface area contributed by atoms with E-state index in [-0.39, 0.29) is 18.9 Å². The van der Waals surface area contributed by atoms with Crippen LogP contribution in [0.4, 0.5) is 17.6 Å². The Morgan fingerprint density at radius 2 is 1.93 bits per heavy atom. The number of carbonyl (C=O) groups is 1. The second-order valence-electron chi connectivity index (χ2n) is 7.97. The summed E-state index contributed by atoms with van der Waals surface area (Å²) in [5.74, 6) is -0.100. The fourth-order valence-corrected chi connectivity index (χ4v) is 5.51. The first kappa shape index (κ1) is 18.7. The molecular weight excluding hydrogens is 362 g/mol. The molecule has 1 aromatic rings. The van der Waals surface area contributed by atoms with Gasteiger partial charge in [0, 0.05) is 19.5 Å². The molecule has 0 bridgehead atoms. The first-order valence-electron chi connectivity index (χ1n) is 9.32. The van der Waals surface area contributed by atoms with Crippen molar-refractivity contribution in [2.45, 2.75) is 43.2 Å². The van der Waals surface area contributed by atoms with Gasteiger partial charge in [-0.3, -0.25) is 9.69 Å². The number of primary amides is 1. The van der Waals surface area contributed by atoms with Crippen LogP contribution >= 0.6 is 0 Å². The van der Waals surface area contributed by atoms with Crippen LogP contribution in [-0.2, 0) is 16.5 Å². The van der Waals surface area contributed by atoms with Gasteiger partial charge in [0.15, 0.2) is 0 Å². The topological polar surface area (TPSA) is 58.4 Å². The van der Waals surface area contributed by atoms with Crippen molar-refractivity contribution < 1.29 is 22.4 Å². The van der Waals surface area contributed by atoms with Crippen LogP contribution in [0.2, 0.25) is 0 Å². The Kier molecular flexibility index (Phi) is 4.46. The van der Waals surface area contributed by atoms with Crippen molar-refractivity contribution in [1.82, 2.24) is 10.2 Å². The molecule has 3 fully saturated rings. The van der Waals surface area contributed by atoms with Gasteiger partial charge in [-0.15, -0.1) is 0 Å². The molecule has 1 amide bonds. The normalized spacial score (nSPS) is 36.9. The Hall–Kier alpha value is -1.67. The van der Waals surface area contributed by atoms with Crippen LogP contribution in [-0.4, -0.2) is 42.7 Å². The van der Waals surface area contributed by atoms with Crippen LogP contribution in [0, 0.1) is 11.8 Å². The minimum Gasteiger partial charge on any atom is -0.368 e. The third-order valence-electron chi connectivity index (χ3n) is 6.65. The lowest BCUT2D eigenvalue weighted by Gasteiger charge is -2.46. The zero-order chi connectivity index (χ0) is 19.4. The van der Waals surface area contributed by atoms with Crippen LogP contribution < -0.4 is 11.1 Å². The molecule has 5 atom stereocenters. The number of benzene rings is 1. The third kappa shape index (κ3) is 2.93. The highest BCUT2D eigenvalue weighted by Crippen LogP contribution is 2.54. The fraction of sp³-hybridized carbons (Fsp3) is 0.632. The molecule has 2 saturated heterocycles. The molecule has 0 spiro atoms. The van der Waals surface area contributed by atoms with E-state index in [0.717, 1.165) is 25.1 Å². The highest BCUT2D eigenvalue weighted by molar-refractivity contribution is 5.80. The smallest absolute Gasteiger partial charge is 0.368 e. The highest BCUT2D eigenvalue weighted by Gasteiger charge is 2.58. The number of rotatable bonds is 3. The number of hydrogen-bond donors (Lipinski definition) is 2. The van der Waals surface area contributed by atoms with Gasteiger partial charge in [-0.25, -0.2) is 4.39 Å². The van der Waals surface area contributed by atoms with E-state index >= 15 is 0 Å². The van der Waals surface area contributed by atoms with Crippen LogP contribution in [0.15, 0.2) is 24.3 Å². The number of hydrogen-bond acceptors (Lipinski definition) is 3. The zero-order valence-corrected chi connectivity index (χ0v) is 14.8. The standard InChI is InChI=1S/C19H23F4N3O/c20-14-7-16(17(24)27)26(10-14)18(6-5-11-8-25-9-15(11)18)12-1-3-13(4-2-12)19(21,22)23/h1-4,11,14-16,25H,5-10H2,(H2,24,27)/t11-,14+,15+,16+,18-/m1/s1. The number of fused-ring (bicyclic) bond motifs is 1. The van der Waals surface area contributed by atoms with E-state index < -0.39 is 35.4 Å². The Labute approximate surface area is 155 Å². The molecule has 0 unspecified atom stereocenters. The molecule has 0 aromatic heterocycles. The van der Waals surface area contributed by atoms with Gasteiger partial charge in [0.25, 0.3) is 0 Å². The third-order valence-corrected chi connectivity index (χ3v) is 6.65. The van der Waals surface area contributed by atoms with Crippen molar-refractivity contribution in [2.24, 2.45) is 17.6 Å². The average Bonchev–Trinajstić information content (AvgIpc) is 3.29. The van der Waals surface area contributed by atoms with Crippen LogP contribution in [0.5, 0.6) is 0 Å². The van der Waals surface area contributed by atoms with Gasteiger partial charge in [0.05, 0.1) is 17.1 Å². The number of nitrogens with one attached hydrogen (secondary N) is 1. The van der Waals surface area contributed by atoms with Crippen molar-refractivity contribution in [1.29, 1.82) is 0 Å². The summed E-state index contributed by atoms with van der Waals surface area (Å²) in [5.41, 5.74) is 4.90. The van der Waals surface area contributed by atoms with E-state index in [9.17, 15) is 22.4 Å². The number of alkyl halides is 4. The lowest BCUT2D eigenvalue weighted by atomic mass is 9.76. The molecule has 1 aromatic carbocycles. The summed E-state index contributed by atoms with van der Waals surface area (Å²) in [5, 5.41) is 3.35. The maximum Gasteiger partial charge on any atom is 0.416 e. The molecule has 4 nitrogen and oxygen atoms in total. The molecule has 1 aliphatic carbocycles. The van der Waals surface area contributed by atoms with Gasteiger partial charge in [-0.05, 0) is 48.9 Å². The predicted molar refractivity (Wildman–Crippen MR) is 91.4 cm³/mol. The monoisotopic (exact) mass is 385 g/mol. The van der Waals surface area contributed by atoms with E-state index in [0.29, 0.717) is 24.4 Å². The van der Waals surface area contributed by atoms with Crippen LogP contribution in [0.3, 0.4) is 0 Å². The molecule has 2 heterocycles. The van der Waals surface area contributed by atoms with Crippen molar-refractivity contribution in [3.8, 4) is 0 Å². The minimum absolute atomic E-state index is 0.0442. The number of halogens is 4. The predicted octanol–water partition coefficient (Wildman–Crippen LogP) is 2.43. The SMILES string of the molecule is NC(=O)[C@@H]1C[C@H](F)CN1[C@@]1(c2ccc(C(F)(F)F)cc2)CC[C@@H]2CNC[C@@H]21. The number of nitrogens with two attached hydrogens (primary N) is 1. The molecule has 8 heteroatoms. The number of likely N-dealkylation sites (tertiary alicyclic amines) is 1. The lowest BCUT2D eigenvalue weighted by molar-refractivity contribution is -0.137. The molecular formula is C19H23F4N3O. The molecule has 2 aliphatic heterocycles. The zero-order valence-electron chi connectivity index (χ0n) is 14.8. The van der Waals surface area contributed by atoms with Gasteiger partial charge in [0.1, 0.15) is 6.17 Å². The van der Waals surface area contributed by atoms with Crippen LogP contribution in [0.1, 0.15) is 30.4 Å². The van der Waals surface area contributed by atoms with E-state index in [2.05, 4.69) is 5.32 Å². The van der Waals surface area contributed by atoms with E-state index in [4.69, 9.17) is 5.73 Å². The Morgan fingerprint density at radius 1 is 1.22 bits per heavy atom. The summed E-state index contributed by atoms with van der Waals surface area (Å²) in [4.78, 5) is 13.9. The van der Waals surface area contributed by atoms with Gasteiger partial charge in [0.2, 0.25) is 5.91 Å². The number of amides is 1. The number of carbonyl (C=O) groups excluding carboxylic acids is 1. The van der Waals surface area contributed by atoms with E-state index in [1.807, 2.05) is 4.90 Å². The number of nitrogens with zero attached hydrogens (tertiary/aromatic N) is 1. The summed E-state index contributed by atoms with van der Waals surface area (Å²) in [6.07, 6.45) is -3.96. The first-order chi connectivity index (χ1) is 12.7. The lowest BCUT2D eigenvalue weighted by Crippen LogP contribution is -2.55. The Morgan fingerprint density at radius 3 is 2.56 bits per heavy atom. The quantitative estimate of drug-likeness (QED) is 0.786. The van der Waals surface area contributed by atoms with Crippen LogP contribution in [0.25, 0.3) is 0 Å². The van der Waals surface area contributed by atoms with Crippen molar-refractivity contribution >= 4 is 5.91 Å². The molecule has 0 radical (unpaired) electrons. The Balaban J connectivity index is 1.79. The van der Waals surface area contributed by atoms with Gasteiger partial charge >= 0.3 is 6.18 Å². The largest absolute Gasteiger partial charge is 0.416 e. The first-order valence-corrected chi connectivity index (χ1v) is 9.32. The van der Waals surface area contributed by atoms with E-state index in [1.54, 1.807) is 0 Å². The van der Waals surface area contributed by atoms with Gasteiger partial charge < -0.3 is 11.1 Å². The maximum atomic E-state index is 14.3. The maximum absolute atomic E-state index is 14.3. The van der Waals surface area contributed by atoms with Gasteiger partial charge in [-0.1, -0.05) is 12.1 Å². The second-order valence-corrected chi connectivity index (χ2v) is 7.97. The summed E-state index contributed by atoms with van der Waals surface area (Å²) in [7, 11) is 0. The second kappa shape index (κ2) is 6.44. The summed E-state index contributed by atoms with van der Waals surface area (Å²) < 4.78 is 53.3.